The summed E-state index contributed by atoms with van der Waals surface area (Å²) < 4.78 is 0. The Kier molecular flexibility index (Phi) is 4.91. The number of nitrogens with one attached hydrogen (secondary N) is 1. The number of carbonyl (C=O) groups is 1. The average Bonchev–Trinajstić information content (AvgIpc) is 2.74. The molecule has 1 fully saturated rings. The van der Waals surface area contributed by atoms with Gasteiger partial charge in [0.2, 0.25) is 5.91 Å². The first-order valence-electron chi connectivity index (χ1n) is 9.23. The van der Waals surface area contributed by atoms with Gasteiger partial charge in [0.05, 0.1) is 23.8 Å². The first kappa shape index (κ1) is 17.3. The van der Waals surface area contributed by atoms with Crippen molar-refractivity contribution in [3.8, 4) is 0 Å². The first-order chi connectivity index (χ1) is 13.2. The lowest BCUT2D eigenvalue weighted by Gasteiger charge is -2.34. The Labute approximate surface area is 157 Å². The van der Waals surface area contributed by atoms with Crippen LogP contribution in [-0.4, -0.2) is 38.9 Å². The third-order valence-corrected chi connectivity index (χ3v) is 5.01. The van der Waals surface area contributed by atoms with Gasteiger partial charge in [-0.15, -0.1) is 0 Å². The standard InChI is InChI=1S/C20H22N6O/c1-14(15-4-2-6-21-11-15)25-20(27)16-5-3-9-26(13-16)17-10-18-19(24-12-17)23-8-7-22-18/h2,4,6-8,10-12,14,16H,3,5,9,13H2,1H3,(H,25,27)/t14-,16-/m1/s1. The van der Waals surface area contributed by atoms with Gasteiger partial charge < -0.3 is 10.2 Å². The third kappa shape index (κ3) is 3.86. The van der Waals surface area contributed by atoms with Gasteiger partial charge in [-0.1, -0.05) is 6.07 Å². The van der Waals surface area contributed by atoms with Crippen LogP contribution in [0, 0.1) is 5.92 Å². The van der Waals surface area contributed by atoms with E-state index >= 15 is 0 Å². The largest absolute Gasteiger partial charge is 0.369 e. The molecule has 1 N–H and O–H groups in total. The summed E-state index contributed by atoms with van der Waals surface area (Å²) in [6, 6.07) is 5.80. The number of anilines is 1. The number of rotatable bonds is 4. The molecule has 0 unspecified atom stereocenters. The number of hydrogen-bond donors (Lipinski definition) is 1. The van der Waals surface area contributed by atoms with E-state index in [1.165, 1.54) is 0 Å². The second-order valence-electron chi connectivity index (χ2n) is 6.89. The molecule has 7 nitrogen and oxygen atoms in total. The molecule has 3 aromatic rings. The summed E-state index contributed by atoms with van der Waals surface area (Å²) in [4.78, 5) is 32.0. The van der Waals surface area contributed by atoms with Crippen molar-refractivity contribution in [1.29, 1.82) is 0 Å². The quantitative estimate of drug-likeness (QED) is 0.768. The first-order valence-corrected chi connectivity index (χ1v) is 9.23. The van der Waals surface area contributed by atoms with Crippen molar-refractivity contribution in [3.63, 3.8) is 0 Å². The molecule has 4 heterocycles. The molecule has 0 bridgehead atoms. The highest BCUT2D eigenvalue weighted by Crippen LogP contribution is 2.25. The predicted molar refractivity (Wildman–Crippen MR) is 103 cm³/mol. The minimum Gasteiger partial charge on any atom is -0.369 e. The summed E-state index contributed by atoms with van der Waals surface area (Å²) in [6.45, 7) is 3.58. The van der Waals surface area contributed by atoms with Crippen LogP contribution in [0.25, 0.3) is 11.2 Å². The van der Waals surface area contributed by atoms with Gasteiger partial charge in [0.1, 0.15) is 5.52 Å². The summed E-state index contributed by atoms with van der Waals surface area (Å²) in [5.41, 5.74) is 3.40. The van der Waals surface area contributed by atoms with Gasteiger partial charge in [-0.25, -0.2) is 9.97 Å². The second-order valence-corrected chi connectivity index (χ2v) is 6.89. The summed E-state index contributed by atoms with van der Waals surface area (Å²) in [5, 5.41) is 3.12. The normalized spacial score (nSPS) is 18.3. The SMILES string of the molecule is C[C@@H](NC(=O)[C@@H]1CCCN(c2cnc3nccnc3c2)C1)c1cccnc1. The topological polar surface area (TPSA) is 83.9 Å². The molecule has 0 saturated carbocycles. The van der Waals surface area contributed by atoms with Gasteiger partial charge in [-0.3, -0.25) is 14.8 Å². The van der Waals surface area contributed by atoms with Crippen LogP contribution < -0.4 is 10.2 Å². The van der Waals surface area contributed by atoms with Crippen LogP contribution in [0.5, 0.6) is 0 Å². The molecule has 3 aromatic heterocycles. The molecule has 2 atom stereocenters. The maximum Gasteiger partial charge on any atom is 0.225 e. The van der Waals surface area contributed by atoms with E-state index in [-0.39, 0.29) is 17.9 Å². The summed E-state index contributed by atoms with van der Waals surface area (Å²) in [7, 11) is 0. The van der Waals surface area contributed by atoms with E-state index in [1.54, 1.807) is 24.8 Å². The average molecular weight is 362 g/mol. The molecule has 1 saturated heterocycles. The van der Waals surface area contributed by atoms with Crippen molar-refractivity contribution in [2.24, 2.45) is 5.92 Å². The Balaban J connectivity index is 1.44. The maximum absolute atomic E-state index is 12.8. The van der Waals surface area contributed by atoms with Crippen molar-refractivity contribution in [2.75, 3.05) is 18.0 Å². The van der Waals surface area contributed by atoms with Crippen molar-refractivity contribution in [3.05, 3.63) is 54.7 Å². The van der Waals surface area contributed by atoms with Crippen LogP contribution in [0.1, 0.15) is 31.4 Å². The number of pyridine rings is 2. The second kappa shape index (κ2) is 7.65. The number of amides is 1. The van der Waals surface area contributed by atoms with E-state index in [9.17, 15) is 4.79 Å². The van der Waals surface area contributed by atoms with Gasteiger partial charge >= 0.3 is 0 Å². The van der Waals surface area contributed by atoms with E-state index in [0.29, 0.717) is 12.2 Å². The molecule has 7 heteroatoms. The maximum atomic E-state index is 12.8. The van der Waals surface area contributed by atoms with Gasteiger partial charge in [-0.05, 0) is 37.5 Å². The Morgan fingerprint density at radius 2 is 2.11 bits per heavy atom. The zero-order valence-electron chi connectivity index (χ0n) is 15.2. The Morgan fingerprint density at radius 1 is 1.22 bits per heavy atom. The molecule has 0 aromatic carbocycles. The number of aromatic nitrogens is 4. The molecule has 1 amide bonds. The van der Waals surface area contributed by atoms with Crippen LogP contribution in [-0.2, 0) is 4.79 Å². The molecule has 4 rings (SSSR count). The summed E-state index contributed by atoms with van der Waals surface area (Å²) in [5.74, 6) is 0.0417. The van der Waals surface area contributed by atoms with Crippen LogP contribution in [0.15, 0.2) is 49.2 Å². The van der Waals surface area contributed by atoms with E-state index < -0.39 is 0 Å². The summed E-state index contributed by atoms with van der Waals surface area (Å²) >= 11 is 0. The number of piperidine rings is 1. The van der Waals surface area contributed by atoms with Gasteiger partial charge in [0.15, 0.2) is 5.65 Å². The molecule has 1 aliphatic heterocycles. The molecule has 0 radical (unpaired) electrons. The number of nitrogens with zero attached hydrogens (tertiary/aromatic N) is 5. The Morgan fingerprint density at radius 3 is 2.96 bits per heavy atom. The molecule has 1 aliphatic rings. The fraction of sp³-hybridized carbons (Fsp3) is 0.350. The van der Waals surface area contributed by atoms with Crippen LogP contribution >= 0.6 is 0 Å². The van der Waals surface area contributed by atoms with Gasteiger partial charge in [0.25, 0.3) is 0 Å². The minimum absolute atomic E-state index is 0.0459. The fourth-order valence-electron chi connectivity index (χ4n) is 3.49. The Hall–Kier alpha value is -3.09. The molecule has 0 spiro atoms. The van der Waals surface area contributed by atoms with Crippen molar-refractivity contribution in [1.82, 2.24) is 25.3 Å². The van der Waals surface area contributed by atoms with Crippen molar-refractivity contribution < 1.29 is 4.79 Å². The van der Waals surface area contributed by atoms with Gasteiger partial charge in [0, 0.05) is 37.9 Å². The van der Waals surface area contributed by atoms with Crippen molar-refractivity contribution in [2.45, 2.75) is 25.8 Å². The highest BCUT2D eigenvalue weighted by Gasteiger charge is 2.27. The van der Waals surface area contributed by atoms with Crippen molar-refractivity contribution >= 4 is 22.8 Å². The van der Waals surface area contributed by atoms with E-state index in [1.807, 2.05) is 31.3 Å². The minimum atomic E-state index is -0.0563. The highest BCUT2D eigenvalue weighted by atomic mass is 16.2. The van der Waals surface area contributed by atoms with Crippen LogP contribution in [0.4, 0.5) is 5.69 Å². The summed E-state index contributed by atoms with van der Waals surface area (Å²) in [6.07, 6.45) is 10.5. The molecular weight excluding hydrogens is 340 g/mol. The van der Waals surface area contributed by atoms with Crippen LogP contribution in [0.2, 0.25) is 0 Å². The van der Waals surface area contributed by atoms with Crippen LogP contribution in [0.3, 0.4) is 0 Å². The Bertz CT molecular complexity index is 932. The molecule has 0 aliphatic carbocycles. The lowest BCUT2D eigenvalue weighted by Crippen LogP contribution is -2.43. The van der Waals surface area contributed by atoms with E-state index in [2.05, 4.69) is 30.2 Å². The van der Waals surface area contributed by atoms with E-state index in [0.717, 1.165) is 36.2 Å². The number of carbonyl (C=O) groups excluding carboxylic acids is 1. The zero-order chi connectivity index (χ0) is 18.6. The fourth-order valence-corrected chi connectivity index (χ4v) is 3.49. The van der Waals surface area contributed by atoms with Gasteiger partial charge in [-0.2, -0.15) is 0 Å². The number of fused-ring (bicyclic) bond motifs is 1. The molecule has 27 heavy (non-hydrogen) atoms. The molecule has 138 valence electrons. The van der Waals surface area contributed by atoms with E-state index in [4.69, 9.17) is 0 Å². The molecular formula is C20H22N6O. The third-order valence-electron chi connectivity index (χ3n) is 5.01. The monoisotopic (exact) mass is 362 g/mol. The zero-order valence-corrected chi connectivity index (χ0v) is 15.2. The predicted octanol–water partition coefficient (Wildman–Crippen LogP) is 2.51. The number of hydrogen-bond acceptors (Lipinski definition) is 6. The smallest absolute Gasteiger partial charge is 0.225 e. The lowest BCUT2D eigenvalue weighted by atomic mass is 9.96. The highest BCUT2D eigenvalue weighted by molar-refractivity contribution is 5.80. The lowest BCUT2D eigenvalue weighted by molar-refractivity contribution is -0.125.